The predicted octanol–water partition coefficient (Wildman–Crippen LogP) is 3.03. The Labute approximate surface area is 166 Å². The maximum atomic E-state index is 13.3. The fourth-order valence-corrected chi connectivity index (χ4v) is 4.46. The van der Waals surface area contributed by atoms with Gasteiger partial charge < -0.3 is 10.1 Å². The molecule has 1 aliphatic heterocycles. The fourth-order valence-electron chi connectivity index (χ4n) is 2.98. The van der Waals surface area contributed by atoms with Crippen LogP contribution < -0.4 is 14.4 Å². The van der Waals surface area contributed by atoms with Gasteiger partial charge in [0.2, 0.25) is 0 Å². The monoisotopic (exact) mass is 402 g/mol. The summed E-state index contributed by atoms with van der Waals surface area (Å²) in [5, 5.41) is 2.83. The third-order valence-electron chi connectivity index (χ3n) is 4.57. The first-order chi connectivity index (χ1) is 13.2. The van der Waals surface area contributed by atoms with Crippen LogP contribution in [0, 0.1) is 19.8 Å². The van der Waals surface area contributed by atoms with E-state index in [1.807, 2.05) is 33.8 Å². The molecule has 1 aliphatic rings. The minimum Gasteiger partial charge on any atom is -0.476 e. The van der Waals surface area contributed by atoms with Crippen LogP contribution in [0.5, 0.6) is 5.75 Å². The zero-order valence-electron chi connectivity index (χ0n) is 16.6. The molecular weight excluding hydrogens is 376 g/mol. The zero-order chi connectivity index (χ0) is 20.5. The highest BCUT2D eigenvalue weighted by atomic mass is 32.2. The van der Waals surface area contributed by atoms with Gasteiger partial charge in [0.25, 0.3) is 15.9 Å². The number of aryl methyl sites for hydroxylation is 2. The molecule has 1 amide bonds. The molecule has 1 atom stereocenters. The van der Waals surface area contributed by atoms with Crippen molar-refractivity contribution in [2.75, 3.05) is 17.4 Å². The van der Waals surface area contributed by atoms with Crippen LogP contribution in [0.3, 0.4) is 0 Å². The first kappa shape index (κ1) is 20.2. The highest BCUT2D eigenvalue weighted by Crippen LogP contribution is 2.37. The Morgan fingerprint density at radius 3 is 2.43 bits per heavy atom. The van der Waals surface area contributed by atoms with E-state index in [0.717, 1.165) is 11.1 Å². The minimum atomic E-state index is -3.83. The Bertz CT molecular complexity index is 968. The van der Waals surface area contributed by atoms with Crippen molar-refractivity contribution in [1.82, 2.24) is 5.32 Å². The van der Waals surface area contributed by atoms with E-state index in [4.69, 9.17) is 4.74 Å². The van der Waals surface area contributed by atoms with Gasteiger partial charge in [-0.1, -0.05) is 37.6 Å². The smallest absolute Gasteiger partial charge is 0.264 e. The van der Waals surface area contributed by atoms with E-state index in [1.165, 1.54) is 4.31 Å². The molecule has 2 aromatic carbocycles. The lowest BCUT2D eigenvalue weighted by Crippen LogP contribution is -2.51. The molecule has 2 aromatic rings. The van der Waals surface area contributed by atoms with Crippen molar-refractivity contribution in [2.24, 2.45) is 5.92 Å². The number of fused-ring (bicyclic) bond motifs is 1. The standard InChI is InChI=1S/C21H26N2O4S/c1-14(2)12-22-21(24)20-13-23(18-10-7-16(4)11-19(18)27-20)28(25,26)17-8-5-15(3)6-9-17/h5-11,14,20H,12-13H2,1-4H3,(H,22,24)/t20-/m1/s1. The van der Waals surface area contributed by atoms with E-state index in [0.29, 0.717) is 18.0 Å². The van der Waals surface area contributed by atoms with Gasteiger partial charge in [-0.3, -0.25) is 9.10 Å². The van der Waals surface area contributed by atoms with Gasteiger partial charge in [0.05, 0.1) is 17.1 Å². The SMILES string of the molecule is Cc1ccc(S(=O)(=O)N2C[C@H](C(=O)NCC(C)C)Oc3cc(C)ccc32)cc1. The third kappa shape index (κ3) is 4.14. The number of nitrogens with zero attached hydrogens (tertiary/aromatic N) is 1. The normalized spacial score (nSPS) is 16.5. The second kappa shape index (κ2) is 7.83. The Morgan fingerprint density at radius 1 is 1.14 bits per heavy atom. The molecule has 0 saturated carbocycles. The Kier molecular flexibility index (Phi) is 5.65. The number of nitrogens with one attached hydrogen (secondary N) is 1. The predicted molar refractivity (Wildman–Crippen MR) is 109 cm³/mol. The fraction of sp³-hybridized carbons (Fsp3) is 0.381. The summed E-state index contributed by atoms with van der Waals surface area (Å²) in [5.41, 5.74) is 2.34. The van der Waals surface area contributed by atoms with Gasteiger partial charge >= 0.3 is 0 Å². The van der Waals surface area contributed by atoms with Crippen LogP contribution in [0.2, 0.25) is 0 Å². The van der Waals surface area contributed by atoms with Gasteiger partial charge in [-0.2, -0.15) is 0 Å². The number of sulfonamides is 1. The Balaban J connectivity index is 1.99. The second-order valence-electron chi connectivity index (χ2n) is 7.57. The summed E-state index contributed by atoms with van der Waals surface area (Å²) >= 11 is 0. The highest BCUT2D eigenvalue weighted by Gasteiger charge is 2.37. The lowest BCUT2D eigenvalue weighted by atomic mass is 10.1. The van der Waals surface area contributed by atoms with Crippen LogP contribution >= 0.6 is 0 Å². The largest absolute Gasteiger partial charge is 0.476 e. The number of ether oxygens (including phenoxy) is 1. The molecule has 6 nitrogen and oxygen atoms in total. The van der Waals surface area contributed by atoms with Crippen molar-refractivity contribution in [3.63, 3.8) is 0 Å². The molecule has 150 valence electrons. The zero-order valence-corrected chi connectivity index (χ0v) is 17.4. The van der Waals surface area contributed by atoms with Crippen LogP contribution in [0.15, 0.2) is 47.4 Å². The van der Waals surface area contributed by atoms with Gasteiger partial charge in [0.1, 0.15) is 5.75 Å². The first-order valence-electron chi connectivity index (χ1n) is 9.33. The number of amides is 1. The van der Waals surface area contributed by atoms with E-state index in [-0.39, 0.29) is 23.3 Å². The van der Waals surface area contributed by atoms with E-state index >= 15 is 0 Å². The summed E-state index contributed by atoms with van der Waals surface area (Å²) in [7, 11) is -3.83. The van der Waals surface area contributed by atoms with Gasteiger partial charge in [-0.15, -0.1) is 0 Å². The summed E-state index contributed by atoms with van der Waals surface area (Å²) in [6, 6.07) is 12.0. The summed E-state index contributed by atoms with van der Waals surface area (Å²) < 4.78 is 33.8. The topological polar surface area (TPSA) is 75.7 Å². The molecule has 0 fully saturated rings. The number of rotatable bonds is 5. The summed E-state index contributed by atoms with van der Waals surface area (Å²) in [4.78, 5) is 12.8. The highest BCUT2D eigenvalue weighted by molar-refractivity contribution is 7.92. The average molecular weight is 403 g/mol. The molecule has 0 aromatic heterocycles. The van der Waals surface area contributed by atoms with E-state index in [2.05, 4.69) is 5.32 Å². The van der Waals surface area contributed by atoms with Crippen LogP contribution in [0.4, 0.5) is 5.69 Å². The minimum absolute atomic E-state index is 0.0732. The molecule has 0 radical (unpaired) electrons. The van der Waals surface area contributed by atoms with Crippen molar-refractivity contribution in [3.8, 4) is 5.75 Å². The van der Waals surface area contributed by atoms with Crippen LogP contribution in [0.1, 0.15) is 25.0 Å². The number of hydrogen-bond donors (Lipinski definition) is 1. The van der Waals surface area contributed by atoms with Crippen molar-refractivity contribution in [3.05, 3.63) is 53.6 Å². The molecule has 3 rings (SSSR count). The average Bonchev–Trinajstić information content (AvgIpc) is 2.65. The van der Waals surface area contributed by atoms with Crippen LogP contribution in [-0.4, -0.2) is 33.5 Å². The van der Waals surface area contributed by atoms with E-state index in [9.17, 15) is 13.2 Å². The third-order valence-corrected chi connectivity index (χ3v) is 6.36. The molecule has 28 heavy (non-hydrogen) atoms. The molecular formula is C21H26N2O4S. The summed E-state index contributed by atoms with van der Waals surface area (Å²) in [6.45, 7) is 8.22. The van der Waals surface area contributed by atoms with Crippen molar-refractivity contribution < 1.29 is 17.9 Å². The molecule has 1 N–H and O–H groups in total. The number of hydrogen-bond acceptors (Lipinski definition) is 4. The molecule has 7 heteroatoms. The molecule has 0 saturated heterocycles. The van der Waals surface area contributed by atoms with Gasteiger partial charge in [0, 0.05) is 6.54 Å². The summed E-state index contributed by atoms with van der Waals surface area (Å²) in [6.07, 6.45) is -0.909. The van der Waals surface area contributed by atoms with Crippen LogP contribution in [-0.2, 0) is 14.8 Å². The van der Waals surface area contributed by atoms with Gasteiger partial charge in [-0.05, 0) is 49.6 Å². The molecule has 0 spiro atoms. The van der Waals surface area contributed by atoms with Crippen molar-refractivity contribution in [2.45, 2.75) is 38.7 Å². The Hall–Kier alpha value is -2.54. The van der Waals surface area contributed by atoms with E-state index in [1.54, 1.807) is 36.4 Å². The molecule has 0 bridgehead atoms. The molecule has 0 unspecified atom stereocenters. The number of carbonyl (C=O) groups excluding carboxylic acids is 1. The number of benzene rings is 2. The summed E-state index contributed by atoms with van der Waals surface area (Å²) in [5.74, 6) is 0.367. The van der Waals surface area contributed by atoms with Gasteiger partial charge in [-0.25, -0.2) is 8.42 Å². The number of carbonyl (C=O) groups is 1. The van der Waals surface area contributed by atoms with E-state index < -0.39 is 16.1 Å². The van der Waals surface area contributed by atoms with Crippen LogP contribution in [0.25, 0.3) is 0 Å². The quantitative estimate of drug-likeness (QED) is 0.834. The lowest BCUT2D eigenvalue weighted by molar-refractivity contribution is -0.127. The maximum absolute atomic E-state index is 13.3. The second-order valence-corrected chi connectivity index (χ2v) is 9.43. The van der Waals surface area contributed by atoms with Crippen molar-refractivity contribution >= 4 is 21.6 Å². The van der Waals surface area contributed by atoms with Crippen molar-refractivity contribution in [1.29, 1.82) is 0 Å². The molecule has 0 aliphatic carbocycles. The lowest BCUT2D eigenvalue weighted by Gasteiger charge is -2.35. The molecule has 1 heterocycles. The van der Waals surface area contributed by atoms with Gasteiger partial charge in [0.15, 0.2) is 6.10 Å². The Morgan fingerprint density at radius 2 is 1.79 bits per heavy atom. The number of anilines is 1. The first-order valence-corrected chi connectivity index (χ1v) is 10.8. The maximum Gasteiger partial charge on any atom is 0.264 e.